The zero-order valence-corrected chi connectivity index (χ0v) is 28.4. The lowest BCUT2D eigenvalue weighted by Crippen LogP contribution is -2.53. The third kappa shape index (κ3) is 8.93. The molecule has 1 unspecified atom stereocenters. The van der Waals surface area contributed by atoms with Gasteiger partial charge in [-0.25, -0.2) is 8.42 Å². The van der Waals surface area contributed by atoms with Gasteiger partial charge in [0.25, 0.3) is 10.0 Å². The number of hydrogen-bond acceptors (Lipinski definition) is 4. The van der Waals surface area contributed by atoms with E-state index in [9.17, 15) is 18.0 Å². The number of sulfonamides is 1. The quantitative estimate of drug-likeness (QED) is 0.165. The van der Waals surface area contributed by atoms with Gasteiger partial charge in [0.2, 0.25) is 11.8 Å². The van der Waals surface area contributed by atoms with Gasteiger partial charge >= 0.3 is 0 Å². The summed E-state index contributed by atoms with van der Waals surface area (Å²) in [5.74, 6) is -1.06. The molecule has 0 heterocycles. The highest BCUT2D eigenvalue weighted by molar-refractivity contribution is 7.92. The number of anilines is 1. The minimum Gasteiger partial charge on any atom is -0.355 e. The first kappa shape index (κ1) is 34.6. The van der Waals surface area contributed by atoms with Crippen LogP contribution < -0.4 is 9.62 Å². The number of benzene rings is 4. The maximum Gasteiger partial charge on any atom is 0.264 e. The number of hydrogen-bond donors (Lipinski definition) is 1. The predicted molar refractivity (Wildman–Crippen MR) is 182 cm³/mol. The highest BCUT2D eigenvalue weighted by Crippen LogP contribution is 2.31. The Morgan fingerprint density at radius 2 is 1.47 bits per heavy atom. The van der Waals surface area contributed by atoms with Crippen molar-refractivity contribution in [2.24, 2.45) is 0 Å². The van der Waals surface area contributed by atoms with Crippen molar-refractivity contribution in [3.63, 3.8) is 0 Å². The first-order chi connectivity index (χ1) is 21.4. The van der Waals surface area contributed by atoms with Crippen molar-refractivity contribution in [3.8, 4) is 0 Å². The second-order valence-corrected chi connectivity index (χ2v) is 13.9. The lowest BCUT2D eigenvalue weighted by Gasteiger charge is -2.34. The normalized spacial score (nSPS) is 12.0. The van der Waals surface area contributed by atoms with Crippen molar-refractivity contribution in [1.29, 1.82) is 0 Å². The monoisotopic (exact) mass is 705 g/mol. The summed E-state index contributed by atoms with van der Waals surface area (Å²) in [6.07, 6.45) is 0.164. The van der Waals surface area contributed by atoms with E-state index in [1.54, 1.807) is 37.3 Å². The van der Waals surface area contributed by atoms with Crippen molar-refractivity contribution in [2.75, 3.05) is 17.4 Å². The molecule has 0 aliphatic heterocycles. The maximum absolute atomic E-state index is 14.5. The van der Waals surface area contributed by atoms with Crippen LogP contribution in [0.3, 0.4) is 0 Å². The van der Waals surface area contributed by atoms with E-state index in [2.05, 4.69) is 5.32 Å². The number of aryl methyl sites for hydroxylation is 1. The van der Waals surface area contributed by atoms with E-state index in [-0.39, 0.29) is 33.6 Å². The van der Waals surface area contributed by atoms with Crippen LogP contribution in [0.4, 0.5) is 5.69 Å². The average Bonchev–Trinajstić information content (AvgIpc) is 2.98. The van der Waals surface area contributed by atoms with Crippen LogP contribution >= 0.6 is 46.4 Å². The number of halogens is 4. The fraction of sp³-hybridized carbons (Fsp3) is 0.212. The van der Waals surface area contributed by atoms with Gasteiger partial charge in [0, 0.05) is 39.6 Å². The Bertz CT molecular complexity index is 1750. The minimum absolute atomic E-state index is 0.0335. The molecule has 0 bridgehead atoms. The van der Waals surface area contributed by atoms with Crippen molar-refractivity contribution < 1.29 is 18.0 Å². The Morgan fingerprint density at radius 3 is 2.07 bits per heavy atom. The van der Waals surface area contributed by atoms with Crippen LogP contribution in [-0.4, -0.2) is 44.3 Å². The Kier molecular flexibility index (Phi) is 11.8. The van der Waals surface area contributed by atoms with Crippen molar-refractivity contribution in [1.82, 2.24) is 10.2 Å². The minimum atomic E-state index is -4.31. The third-order valence-corrected chi connectivity index (χ3v) is 9.81. The predicted octanol–water partition coefficient (Wildman–Crippen LogP) is 7.58. The van der Waals surface area contributed by atoms with E-state index in [1.165, 1.54) is 35.2 Å². The van der Waals surface area contributed by atoms with Crippen LogP contribution in [0, 0.1) is 6.92 Å². The topological polar surface area (TPSA) is 86.8 Å². The average molecular weight is 708 g/mol. The lowest BCUT2D eigenvalue weighted by atomic mass is 10.0. The van der Waals surface area contributed by atoms with E-state index in [0.717, 1.165) is 15.4 Å². The molecule has 0 aliphatic rings. The molecule has 45 heavy (non-hydrogen) atoms. The second kappa shape index (κ2) is 15.3. The van der Waals surface area contributed by atoms with Gasteiger partial charge in [0.1, 0.15) is 12.6 Å². The van der Waals surface area contributed by atoms with Crippen LogP contribution in [0.1, 0.15) is 23.6 Å². The number of rotatable bonds is 12. The standard InChI is InChI=1S/C33H31Cl4N3O4S/c1-3-38-33(42)31(15-23-7-5-4-6-8-23)39(20-24-11-12-25(34)19-30(24)37)32(41)21-40(28-17-26(35)16-27(36)18-28)45(43,44)29-13-9-22(2)10-14-29/h4-14,16-19,31H,3,15,20-21H2,1-2H3,(H,38,42). The number of nitrogens with one attached hydrogen (secondary N) is 1. The van der Waals surface area contributed by atoms with Crippen molar-refractivity contribution in [3.05, 3.63) is 128 Å². The molecular formula is C33H31Cl4N3O4S. The van der Waals surface area contributed by atoms with Gasteiger partial charge in [-0.3, -0.25) is 13.9 Å². The van der Waals surface area contributed by atoms with Gasteiger partial charge in [-0.05, 0) is 67.4 Å². The molecule has 1 N–H and O–H groups in total. The van der Waals surface area contributed by atoms with E-state index in [0.29, 0.717) is 22.2 Å². The van der Waals surface area contributed by atoms with E-state index >= 15 is 0 Å². The largest absolute Gasteiger partial charge is 0.355 e. The maximum atomic E-state index is 14.5. The molecule has 0 fully saturated rings. The van der Waals surface area contributed by atoms with Crippen LogP contribution in [-0.2, 0) is 32.6 Å². The summed E-state index contributed by atoms with van der Waals surface area (Å²) in [6, 6.07) is 23.6. The van der Waals surface area contributed by atoms with Gasteiger partial charge in [-0.2, -0.15) is 0 Å². The molecule has 0 spiro atoms. The SMILES string of the molecule is CCNC(=O)C(Cc1ccccc1)N(Cc1ccc(Cl)cc1Cl)C(=O)CN(c1cc(Cl)cc(Cl)c1)S(=O)(=O)c1ccc(C)cc1. The van der Waals surface area contributed by atoms with Crippen LogP contribution in [0.5, 0.6) is 0 Å². The molecule has 0 aliphatic carbocycles. The first-order valence-corrected chi connectivity index (χ1v) is 16.9. The molecule has 7 nitrogen and oxygen atoms in total. The Hall–Kier alpha value is -3.27. The van der Waals surface area contributed by atoms with Crippen LogP contribution in [0.25, 0.3) is 0 Å². The fourth-order valence-corrected chi connectivity index (χ4v) is 7.11. The summed E-state index contributed by atoms with van der Waals surface area (Å²) in [6.45, 7) is 3.17. The first-order valence-electron chi connectivity index (χ1n) is 14.0. The lowest BCUT2D eigenvalue weighted by molar-refractivity contribution is -0.140. The Labute approximate surface area is 283 Å². The molecule has 0 saturated heterocycles. The van der Waals surface area contributed by atoms with Gasteiger partial charge < -0.3 is 10.2 Å². The number of carbonyl (C=O) groups excluding carboxylic acids is 2. The molecule has 1 atom stereocenters. The highest BCUT2D eigenvalue weighted by Gasteiger charge is 2.35. The van der Waals surface area contributed by atoms with Crippen molar-refractivity contribution >= 4 is 73.9 Å². The Morgan fingerprint density at radius 1 is 0.822 bits per heavy atom. The summed E-state index contributed by atoms with van der Waals surface area (Å²) in [7, 11) is -4.31. The van der Waals surface area contributed by atoms with Gasteiger partial charge in [0.05, 0.1) is 10.6 Å². The number of carbonyl (C=O) groups is 2. The Balaban J connectivity index is 1.84. The molecule has 4 aromatic rings. The van der Waals surface area contributed by atoms with Gasteiger partial charge in [-0.15, -0.1) is 0 Å². The van der Waals surface area contributed by atoms with Gasteiger partial charge in [-0.1, -0.05) is 100 Å². The summed E-state index contributed by atoms with van der Waals surface area (Å²) in [5.41, 5.74) is 2.28. The summed E-state index contributed by atoms with van der Waals surface area (Å²) in [4.78, 5) is 29.4. The second-order valence-electron chi connectivity index (χ2n) is 10.3. The van der Waals surface area contributed by atoms with E-state index in [4.69, 9.17) is 46.4 Å². The number of amides is 2. The molecule has 12 heteroatoms. The number of likely N-dealkylation sites (N-methyl/N-ethyl adjacent to an activating group) is 1. The zero-order chi connectivity index (χ0) is 32.7. The fourth-order valence-electron chi connectivity index (χ4n) is 4.73. The van der Waals surface area contributed by atoms with Crippen LogP contribution in [0.2, 0.25) is 20.1 Å². The summed E-state index contributed by atoms with van der Waals surface area (Å²) < 4.78 is 29.2. The highest BCUT2D eigenvalue weighted by atomic mass is 35.5. The van der Waals surface area contributed by atoms with E-state index in [1.807, 2.05) is 37.3 Å². The van der Waals surface area contributed by atoms with E-state index < -0.39 is 34.4 Å². The van der Waals surface area contributed by atoms with Crippen molar-refractivity contribution in [2.45, 2.75) is 37.8 Å². The molecule has 0 aromatic heterocycles. The summed E-state index contributed by atoms with van der Waals surface area (Å²) >= 11 is 25.2. The molecule has 4 aromatic carbocycles. The molecule has 4 rings (SSSR count). The molecule has 0 radical (unpaired) electrons. The smallest absolute Gasteiger partial charge is 0.264 e. The summed E-state index contributed by atoms with van der Waals surface area (Å²) in [5, 5.41) is 3.88. The molecule has 2 amide bonds. The number of nitrogens with zero attached hydrogens (tertiary/aromatic N) is 2. The van der Waals surface area contributed by atoms with Gasteiger partial charge in [0.15, 0.2) is 0 Å². The third-order valence-electron chi connectivity index (χ3n) is 7.00. The van der Waals surface area contributed by atoms with Crippen LogP contribution in [0.15, 0.2) is 95.9 Å². The molecule has 0 saturated carbocycles. The molecular weight excluding hydrogens is 676 g/mol. The molecule has 236 valence electrons. The zero-order valence-electron chi connectivity index (χ0n) is 24.5.